The minimum absolute atomic E-state index is 0.127. The van der Waals surface area contributed by atoms with Crippen molar-refractivity contribution < 1.29 is 4.79 Å². The summed E-state index contributed by atoms with van der Waals surface area (Å²) in [6.07, 6.45) is 1.40. The second-order valence-electron chi connectivity index (χ2n) is 3.01. The van der Waals surface area contributed by atoms with Crippen LogP contribution in [-0.2, 0) is 6.42 Å². The Morgan fingerprint density at radius 2 is 2.25 bits per heavy atom. The molecule has 2 nitrogen and oxygen atoms in total. The third-order valence-corrected chi connectivity index (χ3v) is 2.36. The number of carbonyl (C=O) groups excluding carboxylic acids is 1. The number of fused-ring (bicyclic) bond motifs is 1. The molecule has 0 bridgehead atoms. The first kappa shape index (κ1) is 7.74. The van der Waals surface area contributed by atoms with Gasteiger partial charge in [0.15, 0.2) is 5.78 Å². The lowest BCUT2D eigenvalue weighted by Gasteiger charge is -2.00. The Balaban J connectivity index is 2.68. The molecule has 0 radical (unpaired) electrons. The summed E-state index contributed by atoms with van der Waals surface area (Å²) in [6.45, 7) is 1.88. The number of hydrogen-bond donors (Lipinski definition) is 0. The van der Waals surface area contributed by atoms with E-state index < -0.39 is 0 Å². The Bertz CT molecular complexity index is 360. The highest BCUT2D eigenvalue weighted by Crippen LogP contribution is 2.27. The molecule has 0 fully saturated rings. The van der Waals surface area contributed by atoms with Gasteiger partial charge < -0.3 is 0 Å². The molecule has 1 heterocycles. The van der Waals surface area contributed by atoms with Crippen molar-refractivity contribution in [2.45, 2.75) is 19.8 Å². The van der Waals surface area contributed by atoms with Crippen molar-refractivity contribution in [1.82, 2.24) is 4.98 Å². The van der Waals surface area contributed by atoms with Crippen LogP contribution >= 0.6 is 11.6 Å². The Kier molecular flexibility index (Phi) is 1.65. The SMILES string of the molecule is Cc1cc2c(c(Cl)n1)C(=O)CC2. The molecular weight excluding hydrogens is 174 g/mol. The van der Waals surface area contributed by atoms with Gasteiger partial charge in [0.2, 0.25) is 0 Å². The number of ketones is 1. The normalized spacial score (nSPS) is 15.0. The van der Waals surface area contributed by atoms with Gasteiger partial charge in [-0.1, -0.05) is 11.6 Å². The average molecular weight is 182 g/mol. The smallest absolute Gasteiger partial charge is 0.166 e. The molecule has 0 saturated heterocycles. The van der Waals surface area contributed by atoms with Crippen LogP contribution < -0.4 is 0 Å². The number of rotatable bonds is 0. The van der Waals surface area contributed by atoms with Gasteiger partial charge in [-0.25, -0.2) is 4.98 Å². The van der Waals surface area contributed by atoms with E-state index in [1.54, 1.807) is 0 Å². The molecule has 3 heteroatoms. The molecule has 1 aliphatic carbocycles. The van der Waals surface area contributed by atoms with Crippen molar-refractivity contribution in [2.24, 2.45) is 0 Å². The summed E-state index contributed by atoms with van der Waals surface area (Å²) in [7, 11) is 0. The molecule has 1 aliphatic rings. The third kappa shape index (κ3) is 1.03. The molecule has 12 heavy (non-hydrogen) atoms. The van der Waals surface area contributed by atoms with Crippen LogP contribution in [-0.4, -0.2) is 10.8 Å². The summed E-state index contributed by atoms with van der Waals surface area (Å²) in [5.74, 6) is 0.127. The number of nitrogens with zero attached hydrogens (tertiary/aromatic N) is 1. The fraction of sp³-hybridized carbons (Fsp3) is 0.333. The Hall–Kier alpha value is -0.890. The second kappa shape index (κ2) is 2.56. The predicted molar refractivity (Wildman–Crippen MR) is 46.6 cm³/mol. The summed E-state index contributed by atoms with van der Waals surface area (Å²) in [6, 6.07) is 1.94. The van der Waals surface area contributed by atoms with E-state index in [2.05, 4.69) is 4.98 Å². The molecule has 62 valence electrons. The van der Waals surface area contributed by atoms with E-state index in [4.69, 9.17) is 11.6 Å². The van der Waals surface area contributed by atoms with Crippen LogP contribution in [0.5, 0.6) is 0 Å². The van der Waals surface area contributed by atoms with Gasteiger partial charge in [-0.2, -0.15) is 0 Å². The number of pyridine rings is 1. The fourth-order valence-corrected chi connectivity index (χ4v) is 1.92. The van der Waals surface area contributed by atoms with Crippen molar-refractivity contribution in [3.05, 3.63) is 28.0 Å². The maximum Gasteiger partial charge on any atom is 0.166 e. The minimum Gasteiger partial charge on any atom is -0.294 e. The number of halogens is 1. The zero-order chi connectivity index (χ0) is 8.72. The third-order valence-electron chi connectivity index (χ3n) is 2.09. The largest absolute Gasteiger partial charge is 0.294 e. The minimum atomic E-state index is 0.127. The zero-order valence-corrected chi connectivity index (χ0v) is 7.48. The van der Waals surface area contributed by atoms with Gasteiger partial charge >= 0.3 is 0 Å². The van der Waals surface area contributed by atoms with Crippen molar-refractivity contribution in [2.75, 3.05) is 0 Å². The molecule has 0 unspecified atom stereocenters. The van der Waals surface area contributed by atoms with Crippen LogP contribution in [0.2, 0.25) is 5.15 Å². The van der Waals surface area contributed by atoms with Crippen molar-refractivity contribution >= 4 is 17.4 Å². The Morgan fingerprint density at radius 3 is 3.00 bits per heavy atom. The van der Waals surface area contributed by atoms with Crippen LogP contribution in [0.3, 0.4) is 0 Å². The molecule has 0 atom stereocenters. The van der Waals surface area contributed by atoms with Gasteiger partial charge in [-0.05, 0) is 25.0 Å². The highest BCUT2D eigenvalue weighted by atomic mass is 35.5. The lowest BCUT2D eigenvalue weighted by atomic mass is 10.1. The molecule has 0 N–H and O–H groups in total. The first-order valence-corrected chi connectivity index (χ1v) is 4.25. The number of Topliss-reactive ketones (excluding diaryl/α,β-unsaturated/α-hetero) is 1. The quantitative estimate of drug-likeness (QED) is 0.575. The summed E-state index contributed by atoms with van der Waals surface area (Å²) < 4.78 is 0. The van der Waals surface area contributed by atoms with E-state index >= 15 is 0 Å². The lowest BCUT2D eigenvalue weighted by Crippen LogP contribution is -1.96. The molecule has 0 aliphatic heterocycles. The van der Waals surface area contributed by atoms with Gasteiger partial charge in [0.25, 0.3) is 0 Å². The van der Waals surface area contributed by atoms with Gasteiger partial charge in [0.05, 0.1) is 5.56 Å². The molecule has 0 amide bonds. The average Bonchev–Trinajstić information content (AvgIpc) is 2.31. The van der Waals surface area contributed by atoms with Crippen LogP contribution in [0.1, 0.15) is 28.0 Å². The van der Waals surface area contributed by atoms with Crippen molar-refractivity contribution in [1.29, 1.82) is 0 Å². The van der Waals surface area contributed by atoms with E-state index in [1.165, 1.54) is 0 Å². The van der Waals surface area contributed by atoms with Crippen LogP contribution in [0.15, 0.2) is 6.07 Å². The summed E-state index contributed by atoms with van der Waals surface area (Å²) in [5, 5.41) is 0.368. The lowest BCUT2D eigenvalue weighted by molar-refractivity contribution is 0.0994. The van der Waals surface area contributed by atoms with Crippen LogP contribution in [0, 0.1) is 6.92 Å². The van der Waals surface area contributed by atoms with Gasteiger partial charge in [-0.15, -0.1) is 0 Å². The second-order valence-corrected chi connectivity index (χ2v) is 3.37. The van der Waals surface area contributed by atoms with E-state index in [-0.39, 0.29) is 5.78 Å². The van der Waals surface area contributed by atoms with E-state index in [9.17, 15) is 4.79 Å². The number of aryl methyl sites for hydroxylation is 2. The van der Waals surface area contributed by atoms with Crippen LogP contribution in [0.25, 0.3) is 0 Å². The zero-order valence-electron chi connectivity index (χ0n) is 6.72. The number of hydrogen-bond acceptors (Lipinski definition) is 2. The van der Waals surface area contributed by atoms with Gasteiger partial charge in [-0.3, -0.25) is 4.79 Å². The topological polar surface area (TPSA) is 30.0 Å². The van der Waals surface area contributed by atoms with Gasteiger partial charge in [0, 0.05) is 12.1 Å². The highest BCUT2D eigenvalue weighted by Gasteiger charge is 2.23. The number of aromatic nitrogens is 1. The van der Waals surface area contributed by atoms with E-state index in [0.717, 1.165) is 17.7 Å². The summed E-state index contributed by atoms with van der Waals surface area (Å²) in [4.78, 5) is 15.3. The standard InChI is InChI=1S/C9H8ClNO/c1-5-4-6-2-3-7(12)8(6)9(10)11-5/h4H,2-3H2,1H3. The molecule has 1 aromatic rings. The van der Waals surface area contributed by atoms with E-state index in [0.29, 0.717) is 17.1 Å². The maximum atomic E-state index is 11.3. The number of carbonyl (C=O) groups is 1. The monoisotopic (exact) mass is 181 g/mol. The van der Waals surface area contributed by atoms with Gasteiger partial charge in [0.1, 0.15) is 5.15 Å². The van der Waals surface area contributed by atoms with Crippen LogP contribution in [0.4, 0.5) is 0 Å². The molecule has 1 aromatic heterocycles. The Morgan fingerprint density at radius 1 is 1.50 bits per heavy atom. The van der Waals surface area contributed by atoms with Crippen molar-refractivity contribution in [3.8, 4) is 0 Å². The first-order chi connectivity index (χ1) is 5.68. The highest BCUT2D eigenvalue weighted by molar-refractivity contribution is 6.33. The van der Waals surface area contributed by atoms with E-state index in [1.807, 2.05) is 13.0 Å². The molecule has 0 saturated carbocycles. The predicted octanol–water partition coefficient (Wildman–Crippen LogP) is 2.17. The Labute approximate surface area is 75.6 Å². The van der Waals surface area contributed by atoms with Crippen molar-refractivity contribution in [3.63, 3.8) is 0 Å². The molecule has 2 rings (SSSR count). The summed E-state index contributed by atoms with van der Waals surface area (Å²) >= 11 is 5.84. The maximum absolute atomic E-state index is 11.3. The molecule has 0 spiro atoms. The summed E-state index contributed by atoms with van der Waals surface area (Å²) in [5.41, 5.74) is 2.58. The first-order valence-electron chi connectivity index (χ1n) is 3.87. The fourth-order valence-electron chi connectivity index (χ4n) is 1.56. The molecular formula is C9H8ClNO. The molecule has 0 aromatic carbocycles.